The van der Waals surface area contributed by atoms with E-state index in [1.807, 2.05) is 24.3 Å². The lowest BCUT2D eigenvalue weighted by atomic mass is 10.2. The number of benzene rings is 2. The molecule has 0 bridgehead atoms. The van der Waals surface area contributed by atoms with Crippen molar-refractivity contribution in [3.8, 4) is 11.5 Å². The monoisotopic (exact) mass is 337 g/mol. The van der Waals surface area contributed by atoms with Gasteiger partial charge in [0.1, 0.15) is 5.75 Å². The fourth-order valence-corrected chi connectivity index (χ4v) is 2.16. The Balaban J connectivity index is 2.16. The van der Waals surface area contributed by atoms with E-state index in [9.17, 15) is 4.39 Å². The second-order valence-corrected chi connectivity index (χ2v) is 5.38. The molecule has 0 unspecified atom stereocenters. The smallest absolute Gasteiger partial charge is 0.166 e. The topological polar surface area (TPSA) is 21.3 Å². The van der Waals surface area contributed by atoms with Gasteiger partial charge in [-0.2, -0.15) is 0 Å². The van der Waals surface area contributed by atoms with E-state index in [0.717, 1.165) is 18.5 Å². The molecule has 0 atom stereocenters. The lowest BCUT2D eigenvalue weighted by Crippen LogP contribution is -2.14. The summed E-state index contributed by atoms with van der Waals surface area (Å²) in [5.41, 5.74) is 1.02. The molecular weight excluding hydrogens is 321 g/mol. The second-order valence-electron chi connectivity index (χ2n) is 4.46. The molecule has 0 saturated carbocycles. The van der Waals surface area contributed by atoms with Crippen LogP contribution in [0.2, 0.25) is 0 Å². The average Bonchev–Trinajstić information content (AvgIpc) is 2.44. The molecule has 2 rings (SSSR count). The van der Waals surface area contributed by atoms with Gasteiger partial charge in [-0.3, -0.25) is 0 Å². The first-order chi connectivity index (χ1) is 9.70. The Morgan fingerprint density at radius 1 is 1.15 bits per heavy atom. The number of nitrogens with one attached hydrogen (secondary N) is 1. The van der Waals surface area contributed by atoms with E-state index in [-0.39, 0.29) is 11.6 Å². The van der Waals surface area contributed by atoms with Gasteiger partial charge < -0.3 is 10.1 Å². The van der Waals surface area contributed by atoms with Crippen molar-refractivity contribution in [1.82, 2.24) is 5.32 Å². The molecule has 106 valence electrons. The molecule has 0 spiro atoms. The van der Waals surface area contributed by atoms with Gasteiger partial charge in [0.2, 0.25) is 0 Å². The second kappa shape index (κ2) is 7.41. The van der Waals surface area contributed by atoms with Crippen molar-refractivity contribution in [2.75, 3.05) is 6.54 Å². The number of halogens is 2. The minimum absolute atomic E-state index is 0.233. The maximum absolute atomic E-state index is 13.8. The van der Waals surface area contributed by atoms with Gasteiger partial charge in [-0.15, -0.1) is 0 Å². The zero-order valence-corrected chi connectivity index (χ0v) is 12.9. The molecule has 0 aliphatic heterocycles. The first kappa shape index (κ1) is 15.0. The van der Waals surface area contributed by atoms with E-state index >= 15 is 0 Å². The Hall–Kier alpha value is -1.39. The van der Waals surface area contributed by atoms with Crippen LogP contribution in [-0.2, 0) is 6.54 Å². The van der Waals surface area contributed by atoms with Crippen LogP contribution < -0.4 is 10.1 Å². The van der Waals surface area contributed by atoms with Gasteiger partial charge in [-0.1, -0.05) is 41.1 Å². The lowest BCUT2D eigenvalue weighted by Gasteiger charge is -2.12. The Labute approximate surface area is 127 Å². The summed E-state index contributed by atoms with van der Waals surface area (Å²) < 4.78 is 20.2. The Kier molecular flexibility index (Phi) is 5.56. The van der Waals surface area contributed by atoms with E-state index < -0.39 is 0 Å². The molecule has 2 aromatic rings. The summed E-state index contributed by atoms with van der Waals surface area (Å²) in [4.78, 5) is 0. The minimum Gasteiger partial charge on any atom is -0.454 e. The van der Waals surface area contributed by atoms with Crippen LogP contribution in [0.15, 0.2) is 46.9 Å². The molecule has 0 fully saturated rings. The SMILES string of the molecule is CCCNCc1ccccc1Oc1ccc(Br)cc1F. The molecule has 0 saturated heterocycles. The van der Waals surface area contributed by atoms with Crippen molar-refractivity contribution in [2.24, 2.45) is 0 Å². The Morgan fingerprint density at radius 2 is 1.95 bits per heavy atom. The summed E-state index contributed by atoms with van der Waals surface area (Å²) in [6.45, 7) is 3.77. The summed E-state index contributed by atoms with van der Waals surface area (Å²) >= 11 is 3.23. The van der Waals surface area contributed by atoms with Crippen LogP contribution in [-0.4, -0.2) is 6.54 Å². The van der Waals surface area contributed by atoms with E-state index in [2.05, 4.69) is 28.2 Å². The highest BCUT2D eigenvalue weighted by Crippen LogP contribution is 2.29. The lowest BCUT2D eigenvalue weighted by molar-refractivity contribution is 0.435. The van der Waals surface area contributed by atoms with E-state index in [1.165, 1.54) is 6.07 Å². The third kappa shape index (κ3) is 4.05. The van der Waals surface area contributed by atoms with Crippen LogP contribution in [0.4, 0.5) is 4.39 Å². The van der Waals surface area contributed by atoms with Crippen LogP contribution in [0.5, 0.6) is 11.5 Å². The molecular formula is C16H17BrFNO. The number of hydrogen-bond acceptors (Lipinski definition) is 2. The van der Waals surface area contributed by atoms with Gasteiger partial charge in [0, 0.05) is 16.6 Å². The maximum Gasteiger partial charge on any atom is 0.166 e. The number of ether oxygens (including phenoxy) is 1. The van der Waals surface area contributed by atoms with Crippen LogP contribution in [0.3, 0.4) is 0 Å². The van der Waals surface area contributed by atoms with Crippen LogP contribution in [0.1, 0.15) is 18.9 Å². The maximum atomic E-state index is 13.8. The predicted octanol–water partition coefficient (Wildman–Crippen LogP) is 4.88. The van der Waals surface area contributed by atoms with E-state index in [0.29, 0.717) is 16.8 Å². The van der Waals surface area contributed by atoms with Crippen molar-refractivity contribution in [3.05, 3.63) is 58.3 Å². The normalized spacial score (nSPS) is 10.6. The zero-order chi connectivity index (χ0) is 14.4. The number of hydrogen-bond donors (Lipinski definition) is 1. The fourth-order valence-electron chi connectivity index (χ4n) is 1.83. The van der Waals surface area contributed by atoms with E-state index in [4.69, 9.17) is 4.74 Å². The van der Waals surface area contributed by atoms with Crippen molar-refractivity contribution >= 4 is 15.9 Å². The number of rotatable bonds is 6. The molecule has 2 aromatic carbocycles. The molecule has 0 amide bonds. The molecule has 0 aromatic heterocycles. The van der Waals surface area contributed by atoms with Crippen LogP contribution in [0, 0.1) is 5.82 Å². The average molecular weight is 338 g/mol. The third-order valence-corrected chi connectivity index (χ3v) is 3.32. The zero-order valence-electron chi connectivity index (χ0n) is 11.3. The minimum atomic E-state index is -0.379. The van der Waals surface area contributed by atoms with E-state index in [1.54, 1.807) is 12.1 Å². The molecule has 0 heterocycles. The number of para-hydroxylation sites is 1. The summed E-state index contributed by atoms with van der Waals surface area (Å²) in [6, 6.07) is 12.4. The standard InChI is InChI=1S/C16H17BrFNO/c1-2-9-19-11-12-5-3-4-6-15(12)20-16-8-7-13(17)10-14(16)18/h3-8,10,19H,2,9,11H2,1H3. The summed E-state index contributed by atoms with van der Waals surface area (Å²) in [7, 11) is 0. The van der Waals surface area contributed by atoms with Gasteiger partial charge >= 0.3 is 0 Å². The predicted molar refractivity (Wildman–Crippen MR) is 82.6 cm³/mol. The molecule has 0 aliphatic carbocycles. The van der Waals surface area contributed by atoms with Crippen molar-refractivity contribution in [2.45, 2.75) is 19.9 Å². The molecule has 0 aliphatic rings. The largest absolute Gasteiger partial charge is 0.454 e. The molecule has 2 nitrogen and oxygen atoms in total. The third-order valence-electron chi connectivity index (χ3n) is 2.83. The Morgan fingerprint density at radius 3 is 2.70 bits per heavy atom. The molecule has 1 N–H and O–H groups in total. The first-order valence-corrected chi connectivity index (χ1v) is 7.41. The summed E-state index contributed by atoms with van der Waals surface area (Å²) in [6.07, 6.45) is 1.07. The van der Waals surface area contributed by atoms with Gasteiger partial charge in [-0.05, 0) is 37.2 Å². The molecule has 20 heavy (non-hydrogen) atoms. The van der Waals surface area contributed by atoms with Gasteiger partial charge in [0.05, 0.1) is 0 Å². The van der Waals surface area contributed by atoms with Crippen molar-refractivity contribution in [3.63, 3.8) is 0 Å². The van der Waals surface area contributed by atoms with Gasteiger partial charge in [0.25, 0.3) is 0 Å². The quantitative estimate of drug-likeness (QED) is 0.758. The van der Waals surface area contributed by atoms with Gasteiger partial charge in [0.15, 0.2) is 11.6 Å². The Bertz CT molecular complexity index is 574. The highest BCUT2D eigenvalue weighted by Gasteiger charge is 2.08. The highest BCUT2D eigenvalue weighted by molar-refractivity contribution is 9.10. The van der Waals surface area contributed by atoms with Crippen molar-refractivity contribution < 1.29 is 9.13 Å². The molecule has 0 radical (unpaired) electrons. The highest BCUT2D eigenvalue weighted by atomic mass is 79.9. The fraction of sp³-hybridized carbons (Fsp3) is 0.250. The van der Waals surface area contributed by atoms with Crippen LogP contribution in [0.25, 0.3) is 0 Å². The summed E-state index contributed by atoms with van der Waals surface area (Å²) in [5, 5.41) is 3.32. The van der Waals surface area contributed by atoms with Crippen LogP contribution >= 0.6 is 15.9 Å². The first-order valence-electron chi connectivity index (χ1n) is 6.62. The van der Waals surface area contributed by atoms with Crippen molar-refractivity contribution in [1.29, 1.82) is 0 Å². The molecule has 4 heteroatoms. The van der Waals surface area contributed by atoms with Gasteiger partial charge in [-0.25, -0.2) is 4.39 Å². The summed E-state index contributed by atoms with van der Waals surface area (Å²) in [5.74, 6) is 0.532.